The van der Waals surface area contributed by atoms with Gasteiger partial charge in [0.1, 0.15) is 0 Å². The van der Waals surface area contributed by atoms with E-state index in [0.29, 0.717) is 6.04 Å². The molecule has 1 N–H and O–H groups in total. The van der Waals surface area contributed by atoms with Crippen LogP contribution in [0.4, 0.5) is 0 Å². The summed E-state index contributed by atoms with van der Waals surface area (Å²) in [7, 11) is 3.84. The van der Waals surface area contributed by atoms with Crippen molar-refractivity contribution in [1.29, 1.82) is 0 Å². The Morgan fingerprint density at radius 2 is 2.28 bits per heavy atom. The van der Waals surface area contributed by atoms with Crippen LogP contribution in [0.2, 0.25) is 0 Å². The Morgan fingerprint density at radius 3 is 2.89 bits per heavy atom. The third-order valence-electron chi connectivity index (χ3n) is 3.45. The molecule has 4 heteroatoms. The van der Waals surface area contributed by atoms with Crippen LogP contribution >= 0.6 is 11.8 Å². The van der Waals surface area contributed by atoms with Crippen molar-refractivity contribution >= 4 is 17.7 Å². The van der Waals surface area contributed by atoms with E-state index in [1.165, 1.54) is 10.5 Å². The molecular formula is C14H20N2OS. The van der Waals surface area contributed by atoms with Crippen molar-refractivity contribution < 1.29 is 4.79 Å². The highest BCUT2D eigenvalue weighted by atomic mass is 32.2. The second-order valence-electron chi connectivity index (χ2n) is 4.74. The summed E-state index contributed by atoms with van der Waals surface area (Å²) >= 11 is 1.69. The van der Waals surface area contributed by atoms with E-state index in [4.69, 9.17) is 0 Å². The van der Waals surface area contributed by atoms with Crippen molar-refractivity contribution in [2.75, 3.05) is 20.6 Å². The molecule has 1 fully saturated rings. The van der Waals surface area contributed by atoms with Crippen LogP contribution in [-0.2, 0) is 4.79 Å². The van der Waals surface area contributed by atoms with Crippen LogP contribution in [0.25, 0.3) is 0 Å². The molecule has 1 heterocycles. The number of amides is 1. The molecular weight excluding hydrogens is 244 g/mol. The van der Waals surface area contributed by atoms with Gasteiger partial charge in [-0.15, -0.1) is 11.8 Å². The lowest BCUT2D eigenvalue weighted by atomic mass is 10.1. The molecule has 0 aromatic heterocycles. The van der Waals surface area contributed by atoms with Gasteiger partial charge in [0.2, 0.25) is 5.91 Å². The molecule has 1 aromatic carbocycles. The Morgan fingerprint density at radius 1 is 1.50 bits per heavy atom. The third-order valence-corrected chi connectivity index (χ3v) is 4.70. The third kappa shape index (κ3) is 2.87. The highest BCUT2D eigenvalue weighted by Gasteiger charge is 2.29. The highest BCUT2D eigenvalue weighted by Crippen LogP contribution is 2.31. The van der Waals surface area contributed by atoms with Gasteiger partial charge in [-0.3, -0.25) is 4.79 Å². The second kappa shape index (κ2) is 5.76. The molecule has 0 aliphatic carbocycles. The molecule has 0 spiro atoms. The summed E-state index contributed by atoms with van der Waals surface area (Å²) in [5, 5.41) is 3.33. The molecule has 1 aromatic rings. The van der Waals surface area contributed by atoms with Crippen LogP contribution in [0.15, 0.2) is 29.2 Å². The normalized spacial score (nSPS) is 21.4. The number of hydrogen-bond acceptors (Lipinski definition) is 3. The van der Waals surface area contributed by atoms with Gasteiger partial charge in [-0.05, 0) is 38.1 Å². The van der Waals surface area contributed by atoms with E-state index in [-0.39, 0.29) is 11.2 Å². The van der Waals surface area contributed by atoms with Gasteiger partial charge >= 0.3 is 0 Å². The number of nitrogens with one attached hydrogen (secondary N) is 1. The van der Waals surface area contributed by atoms with E-state index in [2.05, 4.69) is 36.5 Å². The largest absolute Gasteiger partial charge is 0.345 e. The minimum atomic E-state index is 0.0927. The summed E-state index contributed by atoms with van der Waals surface area (Å²) in [4.78, 5) is 14.9. The van der Waals surface area contributed by atoms with Gasteiger partial charge in [-0.2, -0.15) is 0 Å². The first-order valence-electron chi connectivity index (χ1n) is 6.30. The average molecular weight is 264 g/mol. The van der Waals surface area contributed by atoms with Gasteiger partial charge in [0.15, 0.2) is 0 Å². The van der Waals surface area contributed by atoms with Crippen LogP contribution in [0.5, 0.6) is 0 Å². The van der Waals surface area contributed by atoms with E-state index in [1.54, 1.807) is 11.8 Å². The summed E-state index contributed by atoms with van der Waals surface area (Å²) in [6.07, 6.45) is 0.950. The highest BCUT2D eigenvalue weighted by molar-refractivity contribution is 8.00. The van der Waals surface area contributed by atoms with Gasteiger partial charge in [0.25, 0.3) is 0 Å². The number of nitrogens with zero attached hydrogens (tertiary/aromatic N) is 1. The fourth-order valence-corrected chi connectivity index (χ4v) is 3.28. The predicted octanol–water partition coefficient (Wildman–Crippen LogP) is 2.29. The molecule has 0 bridgehead atoms. The molecule has 98 valence electrons. The molecule has 1 amide bonds. The zero-order valence-electron chi connectivity index (χ0n) is 11.1. The minimum absolute atomic E-state index is 0.0927. The quantitative estimate of drug-likeness (QED) is 0.905. The summed E-state index contributed by atoms with van der Waals surface area (Å²) in [6.45, 7) is 3.02. The molecule has 18 heavy (non-hydrogen) atoms. The van der Waals surface area contributed by atoms with Crippen LogP contribution in [-0.4, -0.2) is 36.7 Å². The van der Waals surface area contributed by atoms with Crippen molar-refractivity contribution in [3.05, 3.63) is 29.8 Å². The van der Waals surface area contributed by atoms with Crippen molar-refractivity contribution in [3.63, 3.8) is 0 Å². The Labute approximate surface area is 113 Å². The first-order valence-corrected chi connectivity index (χ1v) is 7.18. The Balaban J connectivity index is 2.08. The maximum Gasteiger partial charge on any atom is 0.235 e. The predicted molar refractivity (Wildman–Crippen MR) is 75.8 cm³/mol. The summed E-state index contributed by atoms with van der Waals surface area (Å²) < 4.78 is 0. The maximum atomic E-state index is 11.9. The van der Waals surface area contributed by atoms with Crippen molar-refractivity contribution in [2.45, 2.75) is 29.5 Å². The smallest absolute Gasteiger partial charge is 0.235 e. The number of carbonyl (C=O) groups is 1. The second-order valence-corrected chi connectivity index (χ2v) is 6.01. The van der Waals surface area contributed by atoms with E-state index in [1.807, 2.05) is 19.0 Å². The summed E-state index contributed by atoms with van der Waals surface area (Å²) in [5.74, 6) is 0.257. The lowest BCUT2D eigenvalue weighted by molar-refractivity contribution is -0.126. The molecule has 2 atom stereocenters. The lowest BCUT2D eigenvalue weighted by Crippen LogP contribution is -2.23. The van der Waals surface area contributed by atoms with Crippen LogP contribution in [0.1, 0.15) is 24.9 Å². The summed E-state index contributed by atoms with van der Waals surface area (Å²) in [5.41, 5.74) is 1.27. The number of carbonyl (C=O) groups excluding carboxylic acids is 1. The monoisotopic (exact) mass is 264 g/mol. The molecule has 0 radical (unpaired) electrons. The molecule has 1 aliphatic heterocycles. The molecule has 2 rings (SSSR count). The Kier molecular flexibility index (Phi) is 4.30. The molecule has 3 nitrogen and oxygen atoms in total. The zero-order chi connectivity index (χ0) is 13.1. The minimum Gasteiger partial charge on any atom is -0.345 e. The van der Waals surface area contributed by atoms with Gasteiger partial charge in [-0.25, -0.2) is 0 Å². The Hall–Kier alpha value is -1.00. The first-order chi connectivity index (χ1) is 8.61. The topological polar surface area (TPSA) is 32.3 Å². The molecule has 1 saturated heterocycles. The van der Waals surface area contributed by atoms with E-state index in [9.17, 15) is 4.79 Å². The Bertz CT molecular complexity index is 436. The number of likely N-dealkylation sites (tertiary alicyclic amines) is 1. The average Bonchev–Trinajstić information content (AvgIpc) is 2.70. The number of thioether (sulfide) groups is 1. The van der Waals surface area contributed by atoms with Gasteiger partial charge in [0.05, 0.1) is 5.25 Å². The number of hydrogen-bond donors (Lipinski definition) is 1. The lowest BCUT2D eigenvalue weighted by Gasteiger charge is -2.13. The van der Waals surface area contributed by atoms with Crippen LogP contribution in [0.3, 0.4) is 0 Å². The van der Waals surface area contributed by atoms with Gasteiger partial charge in [-0.1, -0.05) is 12.1 Å². The maximum absolute atomic E-state index is 11.9. The zero-order valence-corrected chi connectivity index (χ0v) is 12.0. The van der Waals surface area contributed by atoms with Crippen LogP contribution < -0.4 is 5.32 Å². The van der Waals surface area contributed by atoms with E-state index >= 15 is 0 Å². The summed E-state index contributed by atoms with van der Waals surface area (Å²) in [6, 6.07) is 8.79. The van der Waals surface area contributed by atoms with E-state index in [0.717, 1.165) is 13.0 Å². The molecule has 1 aliphatic rings. The first kappa shape index (κ1) is 13.4. The van der Waals surface area contributed by atoms with Gasteiger partial charge < -0.3 is 10.2 Å². The number of rotatable bonds is 4. The van der Waals surface area contributed by atoms with Crippen molar-refractivity contribution in [2.24, 2.45) is 0 Å². The van der Waals surface area contributed by atoms with Gasteiger partial charge in [0, 0.05) is 24.5 Å². The molecule has 0 saturated carbocycles. The number of benzene rings is 1. The fraction of sp³-hybridized carbons (Fsp3) is 0.500. The van der Waals surface area contributed by atoms with Crippen molar-refractivity contribution in [1.82, 2.24) is 10.2 Å². The van der Waals surface area contributed by atoms with E-state index < -0.39 is 0 Å². The molecule has 2 unspecified atom stereocenters. The fourth-order valence-electron chi connectivity index (χ4n) is 2.09. The van der Waals surface area contributed by atoms with Crippen molar-refractivity contribution in [3.8, 4) is 0 Å². The SMILES string of the molecule is CNC(C)c1cccc(SC2CCN(C)C2=O)c1. The van der Waals surface area contributed by atoms with Crippen LogP contribution in [0, 0.1) is 0 Å². The standard InChI is InChI=1S/C14H20N2OS/c1-10(15-2)11-5-4-6-12(9-11)18-13-7-8-16(3)14(13)17/h4-6,9-10,13,15H,7-8H2,1-3H3.